The van der Waals surface area contributed by atoms with E-state index in [9.17, 15) is 4.79 Å². The van der Waals surface area contributed by atoms with Crippen LogP contribution in [0.4, 0.5) is 0 Å². The first-order chi connectivity index (χ1) is 6.11. The van der Waals surface area contributed by atoms with Gasteiger partial charge in [0, 0.05) is 0 Å². The smallest absolute Gasteiger partial charge is 0.331 e. The van der Waals surface area contributed by atoms with Crippen LogP contribution in [0, 0.1) is 0 Å². The third-order valence-electron chi connectivity index (χ3n) is 1.79. The lowest BCUT2D eigenvalue weighted by Gasteiger charge is -2.19. The Kier molecular flexibility index (Phi) is 2.90. The molecule has 0 aromatic heterocycles. The lowest BCUT2D eigenvalue weighted by molar-refractivity contribution is -0.141. The first kappa shape index (κ1) is 10.0. The first-order valence-corrected chi connectivity index (χ1v) is 4.08. The van der Waals surface area contributed by atoms with Gasteiger partial charge in [0.2, 0.25) is 0 Å². The van der Waals surface area contributed by atoms with Gasteiger partial charge in [0.25, 0.3) is 0 Å². The molecular weight excluding hydrogens is 192 g/mol. The molecule has 0 radical (unpaired) electrons. The molecule has 0 amide bonds. The van der Waals surface area contributed by atoms with Gasteiger partial charge in [0.15, 0.2) is 4.87 Å². The van der Waals surface area contributed by atoms with Crippen LogP contribution >= 0.6 is 11.6 Å². The standard InChI is InChI=1S/C9H9ClO3/c10-9(6-11,8(12)13)7-4-2-1-3-5-7/h1-5,11H,6H2,(H,12,13). The number of hydrogen-bond donors (Lipinski definition) is 2. The maximum absolute atomic E-state index is 10.8. The quantitative estimate of drug-likeness (QED) is 0.721. The Hall–Kier alpha value is -1.06. The molecule has 0 saturated carbocycles. The van der Waals surface area contributed by atoms with Gasteiger partial charge in [0.05, 0.1) is 6.61 Å². The Bertz CT molecular complexity index is 299. The van der Waals surface area contributed by atoms with Crippen molar-refractivity contribution in [3.05, 3.63) is 35.9 Å². The number of aliphatic carboxylic acids is 1. The van der Waals surface area contributed by atoms with E-state index in [0.29, 0.717) is 5.56 Å². The first-order valence-electron chi connectivity index (χ1n) is 3.70. The molecule has 0 heterocycles. The highest BCUT2D eigenvalue weighted by Crippen LogP contribution is 2.28. The van der Waals surface area contributed by atoms with E-state index in [-0.39, 0.29) is 0 Å². The van der Waals surface area contributed by atoms with Gasteiger partial charge in [0.1, 0.15) is 0 Å². The molecule has 0 bridgehead atoms. The van der Waals surface area contributed by atoms with Gasteiger partial charge in [-0.05, 0) is 5.56 Å². The lowest BCUT2D eigenvalue weighted by Crippen LogP contribution is -2.33. The van der Waals surface area contributed by atoms with E-state index in [1.165, 1.54) is 0 Å². The average molecular weight is 201 g/mol. The Balaban J connectivity index is 3.11. The van der Waals surface area contributed by atoms with Crippen molar-refractivity contribution in [2.75, 3.05) is 6.61 Å². The fourth-order valence-corrected chi connectivity index (χ4v) is 1.11. The minimum atomic E-state index is -1.72. The van der Waals surface area contributed by atoms with Gasteiger partial charge in [-0.25, -0.2) is 4.79 Å². The van der Waals surface area contributed by atoms with Crippen molar-refractivity contribution in [3.8, 4) is 0 Å². The summed E-state index contributed by atoms with van der Waals surface area (Å²) in [6.45, 7) is -0.631. The summed E-state index contributed by atoms with van der Waals surface area (Å²) >= 11 is 5.73. The molecule has 1 atom stereocenters. The highest BCUT2D eigenvalue weighted by atomic mass is 35.5. The van der Waals surface area contributed by atoms with E-state index >= 15 is 0 Å². The number of aliphatic hydroxyl groups is 1. The molecule has 0 aliphatic rings. The summed E-state index contributed by atoms with van der Waals surface area (Å²) in [6.07, 6.45) is 0. The summed E-state index contributed by atoms with van der Waals surface area (Å²) in [5.41, 5.74) is 0.381. The third-order valence-corrected chi connectivity index (χ3v) is 2.29. The molecule has 0 saturated heterocycles. The Labute approximate surface area is 80.6 Å². The third kappa shape index (κ3) is 1.82. The predicted molar refractivity (Wildman–Crippen MR) is 48.7 cm³/mol. The maximum Gasteiger partial charge on any atom is 0.331 e. The van der Waals surface area contributed by atoms with Crippen molar-refractivity contribution in [2.45, 2.75) is 4.87 Å². The largest absolute Gasteiger partial charge is 0.480 e. The van der Waals surface area contributed by atoms with E-state index < -0.39 is 17.5 Å². The van der Waals surface area contributed by atoms with Crippen LogP contribution in [0.1, 0.15) is 5.56 Å². The molecule has 0 fully saturated rings. The molecule has 1 unspecified atom stereocenters. The van der Waals surface area contributed by atoms with Gasteiger partial charge >= 0.3 is 5.97 Å². The predicted octanol–water partition coefficient (Wildman–Crippen LogP) is 1.20. The van der Waals surface area contributed by atoms with Crippen LogP contribution in [0.3, 0.4) is 0 Å². The SMILES string of the molecule is O=C(O)C(Cl)(CO)c1ccccc1. The van der Waals surface area contributed by atoms with Crippen LogP contribution in [0.25, 0.3) is 0 Å². The van der Waals surface area contributed by atoms with Crippen molar-refractivity contribution >= 4 is 17.6 Å². The zero-order valence-corrected chi connectivity index (χ0v) is 7.53. The van der Waals surface area contributed by atoms with E-state index in [2.05, 4.69) is 0 Å². The summed E-state index contributed by atoms with van der Waals surface area (Å²) in [5.74, 6) is -1.25. The minimum Gasteiger partial charge on any atom is -0.480 e. The number of carboxylic acid groups (broad SMARTS) is 1. The number of aliphatic hydroxyl groups excluding tert-OH is 1. The van der Waals surface area contributed by atoms with Crippen LogP contribution in [0.5, 0.6) is 0 Å². The van der Waals surface area contributed by atoms with Gasteiger partial charge in [-0.1, -0.05) is 41.9 Å². The van der Waals surface area contributed by atoms with Crippen molar-refractivity contribution in [1.82, 2.24) is 0 Å². The molecule has 0 aliphatic heterocycles. The Morgan fingerprint density at radius 2 is 1.92 bits per heavy atom. The van der Waals surface area contributed by atoms with E-state index in [4.69, 9.17) is 21.8 Å². The zero-order valence-electron chi connectivity index (χ0n) is 6.77. The number of benzene rings is 1. The van der Waals surface area contributed by atoms with Gasteiger partial charge in [-0.15, -0.1) is 0 Å². The van der Waals surface area contributed by atoms with Crippen LogP contribution in [-0.2, 0) is 9.67 Å². The van der Waals surface area contributed by atoms with E-state index in [1.807, 2.05) is 0 Å². The summed E-state index contributed by atoms with van der Waals surface area (Å²) < 4.78 is 0. The highest BCUT2D eigenvalue weighted by molar-refractivity contribution is 6.33. The number of rotatable bonds is 3. The van der Waals surface area contributed by atoms with Crippen LogP contribution in [0.2, 0.25) is 0 Å². The van der Waals surface area contributed by atoms with Gasteiger partial charge in [-0.3, -0.25) is 0 Å². The summed E-state index contributed by atoms with van der Waals surface area (Å²) in [6, 6.07) is 8.23. The fraction of sp³-hybridized carbons (Fsp3) is 0.222. The molecule has 0 spiro atoms. The monoisotopic (exact) mass is 200 g/mol. The molecule has 3 nitrogen and oxygen atoms in total. The second-order valence-electron chi connectivity index (χ2n) is 2.63. The van der Waals surface area contributed by atoms with Crippen molar-refractivity contribution in [2.24, 2.45) is 0 Å². The summed E-state index contributed by atoms with van der Waals surface area (Å²) in [7, 11) is 0. The number of carbonyl (C=O) groups is 1. The molecule has 70 valence electrons. The Morgan fingerprint density at radius 1 is 1.38 bits per heavy atom. The minimum absolute atomic E-state index is 0.381. The Morgan fingerprint density at radius 3 is 2.31 bits per heavy atom. The maximum atomic E-state index is 10.8. The van der Waals surface area contributed by atoms with Gasteiger partial charge < -0.3 is 10.2 Å². The lowest BCUT2D eigenvalue weighted by atomic mass is 9.99. The number of carboxylic acids is 1. The van der Waals surface area contributed by atoms with Crippen molar-refractivity contribution in [1.29, 1.82) is 0 Å². The number of halogens is 1. The zero-order chi connectivity index (χ0) is 9.90. The van der Waals surface area contributed by atoms with Crippen LogP contribution in [0.15, 0.2) is 30.3 Å². The number of hydrogen-bond acceptors (Lipinski definition) is 2. The fourth-order valence-electron chi connectivity index (χ4n) is 0.985. The van der Waals surface area contributed by atoms with Gasteiger partial charge in [-0.2, -0.15) is 0 Å². The summed E-state index contributed by atoms with van der Waals surface area (Å²) in [5, 5.41) is 17.7. The second kappa shape index (κ2) is 3.77. The molecule has 2 N–H and O–H groups in total. The van der Waals surface area contributed by atoms with Crippen LogP contribution < -0.4 is 0 Å². The average Bonchev–Trinajstić information content (AvgIpc) is 2.17. The second-order valence-corrected chi connectivity index (χ2v) is 3.28. The molecule has 1 rings (SSSR count). The summed E-state index contributed by atoms with van der Waals surface area (Å²) in [4.78, 5) is 9.04. The van der Waals surface area contributed by atoms with E-state index in [0.717, 1.165) is 0 Å². The molecule has 1 aromatic carbocycles. The normalized spacial score (nSPS) is 14.9. The van der Waals surface area contributed by atoms with Crippen LogP contribution in [-0.4, -0.2) is 22.8 Å². The molecule has 4 heteroatoms. The number of alkyl halides is 1. The molecule has 13 heavy (non-hydrogen) atoms. The molecule has 0 aliphatic carbocycles. The highest BCUT2D eigenvalue weighted by Gasteiger charge is 2.37. The van der Waals surface area contributed by atoms with E-state index in [1.54, 1.807) is 30.3 Å². The molecule has 1 aromatic rings. The molecular formula is C9H9ClO3. The topological polar surface area (TPSA) is 57.5 Å². The van der Waals surface area contributed by atoms with Crippen molar-refractivity contribution in [3.63, 3.8) is 0 Å². The van der Waals surface area contributed by atoms with Crippen molar-refractivity contribution < 1.29 is 15.0 Å².